The summed E-state index contributed by atoms with van der Waals surface area (Å²) in [6.45, 7) is 1.38. The van der Waals surface area contributed by atoms with Crippen LogP contribution in [0.3, 0.4) is 0 Å². The van der Waals surface area contributed by atoms with E-state index >= 15 is 0 Å². The quantitative estimate of drug-likeness (QED) is 0.799. The number of aliphatic carboxylic acids is 1. The van der Waals surface area contributed by atoms with E-state index in [0.29, 0.717) is 11.1 Å². The number of carbonyl (C=O) groups is 2. The van der Waals surface area contributed by atoms with Gasteiger partial charge in [0.1, 0.15) is 5.82 Å². The van der Waals surface area contributed by atoms with Gasteiger partial charge in [-0.2, -0.15) is 0 Å². The lowest BCUT2D eigenvalue weighted by Gasteiger charge is -2.03. The molecule has 0 fully saturated rings. The maximum atomic E-state index is 13.8. The number of carbonyl (C=O) groups excluding carboxylic acids is 1. The van der Waals surface area contributed by atoms with Crippen LogP contribution in [0.25, 0.3) is 6.08 Å². The van der Waals surface area contributed by atoms with Gasteiger partial charge in [-0.25, -0.2) is 4.39 Å². The third kappa shape index (κ3) is 4.18. The Morgan fingerprint density at radius 3 is 2.71 bits per heavy atom. The molecule has 4 heteroatoms. The molecule has 0 saturated heterocycles. The zero-order chi connectivity index (χ0) is 12.8. The van der Waals surface area contributed by atoms with Gasteiger partial charge in [0.25, 0.3) is 0 Å². The Morgan fingerprint density at radius 1 is 1.41 bits per heavy atom. The number of allylic oxidation sites excluding steroid dienone is 1. The summed E-state index contributed by atoms with van der Waals surface area (Å²) in [5.74, 6) is -1.60. The van der Waals surface area contributed by atoms with Crippen LogP contribution in [0.2, 0.25) is 0 Å². The average molecular weight is 236 g/mol. The topological polar surface area (TPSA) is 54.4 Å². The number of hydrogen-bond acceptors (Lipinski definition) is 2. The van der Waals surface area contributed by atoms with Crippen LogP contribution >= 0.6 is 0 Å². The predicted molar refractivity (Wildman–Crippen MR) is 62.1 cm³/mol. The molecule has 0 saturated carbocycles. The monoisotopic (exact) mass is 236 g/mol. The van der Waals surface area contributed by atoms with E-state index in [1.54, 1.807) is 18.2 Å². The van der Waals surface area contributed by atoms with E-state index in [1.807, 2.05) is 0 Å². The van der Waals surface area contributed by atoms with Gasteiger partial charge in [0.15, 0.2) is 5.78 Å². The highest BCUT2D eigenvalue weighted by Gasteiger charge is 2.07. The molecular formula is C13H13FO3. The minimum absolute atomic E-state index is 0.114. The van der Waals surface area contributed by atoms with Gasteiger partial charge in [0.2, 0.25) is 0 Å². The van der Waals surface area contributed by atoms with Crippen molar-refractivity contribution in [1.82, 2.24) is 0 Å². The highest BCUT2D eigenvalue weighted by molar-refractivity contribution is 5.91. The van der Waals surface area contributed by atoms with Crippen molar-refractivity contribution in [1.29, 1.82) is 0 Å². The van der Waals surface area contributed by atoms with Crippen LogP contribution in [-0.4, -0.2) is 16.9 Å². The van der Waals surface area contributed by atoms with Crippen LogP contribution in [-0.2, 0) is 16.0 Å². The second kappa shape index (κ2) is 5.94. The van der Waals surface area contributed by atoms with Gasteiger partial charge in [0.05, 0.1) is 0 Å². The van der Waals surface area contributed by atoms with Crippen molar-refractivity contribution < 1.29 is 19.1 Å². The van der Waals surface area contributed by atoms with Gasteiger partial charge in [-0.05, 0) is 31.1 Å². The maximum Gasteiger partial charge on any atom is 0.303 e. The number of carboxylic acid groups (broad SMARTS) is 1. The van der Waals surface area contributed by atoms with Crippen molar-refractivity contribution in [2.75, 3.05) is 0 Å². The number of carboxylic acids is 1. The Bertz CT molecular complexity index is 464. The summed E-state index contributed by atoms with van der Waals surface area (Å²) < 4.78 is 13.8. The minimum atomic E-state index is -0.964. The summed E-state index contributed by atoms with van der Waals surface area (Å²) in [6.07, 6.45) is 2.70. The SMILES string of the molecule is CC(=O)C=Cc1cccc(CCC(=O)O)c1F. The Balaban J connectivity index is 2.90. The highest BCUT2D eigenvalue weighted by Crippen LogP contribution is 2.16. The van der Waals surface area contributed by atoms with Gasteiger partial charge in [-0.1, -0.05) is 18.2 Å². The fourth-order valence-corrected chi connectivity index (χ4v) is 1.37. The van der Waals surface area contributed by atoms with Gasteiger partial charge >= 0.3 is 5.97 Å². The molecule has 0 radical (unpaired) electrons. The number of ketones is 1. The summed E-state index contributed by atoms with van der Waals surface area (Å²) in [5.41, 5.74) is 0.640. The summed E-state index contributed by atoms with van der Waals surface area (Å²) in [5, 5.41) is 8.53. The Morgan fingerprint density at radius 2 is 2.12 bits per heavy atom. The molecule has 1 N–H and O–H groups in total. The van der Waals surface area contributed by atoms with Crippen LogP contribution in [0.5, 0.6) is 0 Å². The van der Waals surface area contributed by atoms with Crippen LogP contribution in [0.1, 0.15) is 24.5 Å². The number of benzene rings is 1. The van der Waals surface area contributed by atoms with Crippen molar-refractivity contribution in [2.45, 2.75) is 19.8 Å². The van der Waals surface area contributed by atoms with E-state index in [2.05, 4.69) is 0 Å². The van der Waals surface area contributed by atoms with Crippen LogP contribution < -0.4 is 0 Å². The van der Waals surface area contributed by atoms with Gasteiger partial charge in [-0.3, -0.25) is 9.59 Å². The smallest absolute Gasteiger partial charge is 0.303 e. The molecular weight excluding hydrogens is 223 g/mol. The summed E-state index contributed by atoms with van der Waals surface area (Å²) in [7, 11) is 0. The Labute approximate surface area is 98.6 Å². The van der Waals surface area contributed by atoms with Crippen molar-refractivity contribution in [3.05, 3.63) is 41.2 Å². The van der Waals surface area contributed by atoms with Crippen LogP contribution in [0.4, 0.5) is 4.39 Å². The molecule has 0 aromatic heterocycles. The molecule has 0 aliphatic carbocycles. The molecule has 0 spiro atoms. The van der Waals surface area contributed by atoms with E-state index in [-0.39, 0.29) is 18.6 Å². The third-order valence-electron chi connectivity index (χ3n) is 2.21. The molecule has 0 heterocycles. The molecule has 0 aliphatic rings. The number of hydrogen-bond donors (Lipinski definition) is 1. The summed E-state index contributed by atoms with van der Waals surface area (Å²) >= 11 is 0. The first-order valence-electron chi connectivity index (χ1n) is 5.18. The minimum Gasteiger partial charge on any atom is -0.481 e. The van der Waals surface area contributed by atoms with E-state index in [4.69, 9.17) is 5.11 Å². The van der Waals surface area contributed by atoms with E-state index in [9.17, 15) is 14.0 Å². The average Bonchev–Trinajstić information content (AvgIpc) is 2.25. The molecule has 17 heavy (non-hydrogen) atoms. The Hall–Kier alpha value is -1.97. The lowest BCUT2D eigenvalue weighted by Crippen LogP contribution is -2.00. The zero-order valence-electron chi connectivity index (χ0n) is 9.44. The molecule has 0 aliphatic heterocycles. The van der Waals surface area contributed by atoms with E-state index in [0.717, 1.165) is 0 Å². The Kier molecular flexibility index (Phi) is 4.57. The molecule has 0 unspecified atom stereocenters. The molecule has 3 nitrogen and oxygen atoms in total. The lowest BCUT2D eigenvalue weighted by molar-refractivity contribution is -0.137. The fourth-order valence-electron chi connectivity index (χ4n) is 1.37. The highest BCUT2D eigenvalue weighted by atomic mass is 19.1. The van der Waals surface area contributed by atoms with Gasteiger partial charge in [0, 0.05) is 12.0 Å². The summed E-state index contributed by atoms with van der Waals surface area (Å²) in [6, 6.07) is 4.72. The van der Waals surface area contributed by atoms with Crippen molar-refractivity contribution in [3.8, 4) is 0 Å². The van der Waals surface area contributed by atoms with Crippen molar-refractivity contribution >= 4 is 17.8 Å². The first-order chi connectivity index (χ1) is 8.00. The van der Waals surface area contributed by atoms with Crippen molar-refractivity contribution in [2.24, 2.45) is 0 Å². The molecule has 1 rings (SSSR count). The number of aryl methyl sites for hydroxylation is 1. The number of halogens is 1. The van der Waals surface area contributed by atoms with Crippen molar-refractivity contribution in [3.63, 3.8) is 0 Å². The largest absolute Gasteiger partial charge is 0.481 e. The zero-order valence-corrected chi connectivity index (χ0v) is 9.44. The second-order valence-electron chi connectivity index (χ2n) is 3.66. The first kappa shape index (κ1) is 13.1. The van der Waals surface area contributed by atoms with E-state index in [1.165, 1.54) is 19.1 Å². The van der Waals surface area contributed by atoms with Crippen LogP contribution in [0.15, 0.2) is 24.3 Å². The van der Waals surface area contributed by atoms with Gasteiger partial charge < -0.3 is 5.11 Å². The second-order valence-corrected chi connectivity index (χ2v) is 3.66. The maximum absolute atomic E-state index is 13.8. The third-order valence-corrected chi connectivity index (χ3v) is 2.21. The molecule has 0 bridgehead atoms. The number of rotatable bonds is 5. The van der Waals surface area contributed by atoms with E-state index < -0.39 is 11.8 Å². The van der Waals surface area contributed by atoms with Crippen LogP contribution in [0, 0.1) is 5.82 Å². The first-order valence-corrected chi connectivity index (χ1v) is 5.18. The predicted octanol–water partition coefficient (Wildman–Crippen LogP) is 2.45. The molecule has 0 atom stereocenters. The lowest BCUT2D eigenvalue weighted by atomic mass is 10.0. The molecule has 1 aromatic carbocycles. The molecule has 1 aromatic rings. The molecule has 0 amide bonds. The standard InChI is InChI=1S/C13H13FO3/c1-9(15)5-6-10-3-2-4-11(13(10)14)7-8-12(16)17/h2-6H,7-8H2,1H3,(H,16,17). The summed E-state index contributed by atoms with van der Waals surface area (Å²) in [4.78, 5) is 21.1. The van der Waals surface area contributed by atoms with Gasteiger partial charge in [-0.15, -0.1) is 0 Å². The normalized spacial score (nSPS) is 10.7. The fraction of sp³-hybridized carbons (Fsp3) is 0.231. The molecule has 90 valence electrons.